The highest BCUT2D eigenvalue weighted by molar-refractivity contribution is 7.89. The zero-order valence-corrected chi connectivity index (χ0v) is 12.0. The molecule has 0 spiro atoms. The molecular formula is C11H23ClN2O2S. The van der Waals surface area contributed by atoms with E-state index in [1.165, 1.54) is 0 Å². The Morgan fingerprint density at radius 1 is 1.41 bits per heavy atom. The second-order valence-corrected chi connectivity index (χ2v) is 6.38. The topological polar surface area (TPSA) is 49.4 Å². The molecule has 0 aromatic rings. The zero-order chi connectivity index (χ0) is 12.0. The van der Waals surface area contributed by atoms with Gasteiger partial charge in [-0.2, -0.15) is 0 Å². The largest absolute Gasteiger partial charge is 0.319 e. The van der Waals surface area contributed by atoms with Crippen molar-refractivity contribution in [2.75, 3.05) is 32.4 Å². The molecule has 0 unspecified atom stereocenters. The quantitative estimate of drug-likeness (QED) is 0.746. The van der Waals surface area contributed by atoms with E-state index in [0.717, 1.165) is 19.4 Å². The van der Waals surface area contributed by atoms with Crippen LogP contribution in [0.2, 0.25) is 0 Å². The van der Waals surface area contributed by atoms with Gasteiger partial charge >= 0.3 is 0 Å². The fraction of sp³-hybridized carbons (Fsp3) is 0.818. The van der Waals surface area contributed by atoms with Crippen LogP contribution in [-0.2, 0) is 10.0 Å². The summed E-state index contributed by atoms with van der Waals surface area (Å²) in [5.74, 6) is 0.823. The van der Waals surface area contributed by atoms with Gasteiger partial charge in [-0.1, -0.05) is 6.08 Å². The van der Waals surface area contributed by atoms with Crippen LogP contribution >= 0.6 is 12.4 Å². The van der Waals surface area contributed by atoms with E-state index in [-0.39, 0.29) is 18.2 Å². The van der Waals surface area contributed by atoms with E-state index in [9.17, 15) is 8.42 Å². The number of rotatable bonds is 6. The number of nitrogens with zero attached hydrogens (tertiary/aromatic N) is 1. The average molecular weight is 283 g/mol. The molecule has 0 amide bonds. The minimum Gasteiger partial charge on any atom is -0.319 e. The van der Waals surface area contributed by atoms with Gasteiger partial charge in [0.25, 0.3) is 0 Å². The van der Waals surface area contributed by atoms with Crippen LogP contribution in [-0.4, -0.2) is 45.2 Å². The van der Waals surface area contributed by atoms with E-state index < -0.39 is 10.0 Å². The third-order valence-corrected chi connectivity index (χ3v) is 4.94. The molecule has 1 heterocycles. The average Bonchev–Trinajstić information content (AvgIpc) is 2.28. The summed E-state index contributed by atoms with van der Waals surface area (Å²) in [5.41, 5.74) is 0. The molecule has 0 radical (unpaired) electrons. The maximum Gasteiger partial charge on any atom is 0.214 e. The van der Waals surface area contributed by atoms with Gasteiger partial charge in [0.05, 0.1) is 5.75 Å². The van der Waals surface area contributed by atoms with E-state index in [0.29, 0.717) is 25.4 Å². The van der Waals surface area contributed by atoms with Gasteiger partial charge < -0.3 is 5.32 Å². The number of hydrogen-bond donors (Lipinski definition) is 1. The fourth-order valence-electron chi connectivity index (χ4n) is 2.04. The Hall–Kier alpha value is -0.100. The molecule has 0 aliphatic carbocycles. The number of sulfonamides is 1. The molecule has 6 heteroatoms. The molecule has 102 valence electrons. The van der Waals surface area contributed by atoms with Crippen molar-refractivity contribution < 1.29 is 8.42 Å². The molecule has 1 N–H and O–H groups in total. The molecule has 4 nitrogen and oxygen atoms in total. The Morgan fingerprint density at radius 3 is 2.47 bits per heavy atom. The van der Waals surface area contributed by atoms with E-state index in [1.807, 2.05) is 7.05 Å². The summed E-state index contributed by atoms with van der Waals surface area (Å²) in [6.45, 7) is 5.89. The van der Waals surface area contributed by atoms with Crippen molar-refractivity contribution in [1.29, 1.82) is 0 Å². The third-order valence-electron chi connectivity index (χ3n) is 3.04. The smallest absolute Gasteiger partial charge is 0.214 e. The number of nitrogens with one attached hydrogen (secondary N) is 1. The van der Waals surface area contributed by atoms with Gasteiger partial charge in [-0.15, -0.1) is 19.0 Å². The van der Waals surface area contributed by atoms with Crippen LogP contribution in [0.3, 0.4) is 0 Å². The summed E-state index contributed by atoms with van der Waals surface area (Å²) in [6, 6.07) is 0. The number of halogens is 1. The molecule has 1 aliphatic heterocycles. The van der Waals surface area contributed by atoms with E-state index in [4.69, 9.17) is 0 Å². The van der Waals surface area contributed by atoms with E-state index in [1.54, 1.807) is 10.4 Å². The second-order valence-electron chi connectivity index (χ2n) is 4.29. The molecule has 0 atom stereocenters. The highest BCUT2D eigenvalue weighted by Crippen LogP contribution is 2.19. The normalized spacial score (nSPS) is 18.6. The Labute approximate surface area is 111 Å². The second kappa shape index (κ2) is 8.08. The Balaban J connectivity index is 0.00000256. The predicted octanol–water partition coefficient (Wildman–Crippen LogP) is 1.25. The van der Waals surface area contributed by atoms with Crippen molar-refractivity contribution in [3.63, 3.8) is 0 Å². The summed E-state index contributed by atoms with van der Waals surface area (Å²) >= 11 is 0. The zero-order valence-electron chi connectivity index (χ0n) is 10.4. The molecule has 0 saturated carbocycles. The maximum atomic E-state index is 11.9. The highest BCUT2D eigenvalue weighted by Gasteiger charge is 2.26. The highest BCUT2D eigenvalue weighted by atomic mass is 35.5. The van der Waals surface area contributed by atoms with Crippen molar-refractivity contribution in [3.8, 4) is 0 Å². The Bertz CT molecular complexity index is 311. The molecule has 1 fully saturated rings. The van der Waals surface area contributed by atoms with Crippen LogP contribution < -0.4 is 5.32 Å². The molecule has 0 aromatic heterocycles. The van der Waals surface area contributed by atoms with Gasteiger partial charge in [0.1, 0.15) is 0 Å². The Kier molecular flexibility index (Phi) is 8.03. The first kappa shape index (κ1) is 16.9. The van der Waals surface area contributed by atoms with Crippen LogP contribution in [0.5, 0.6) is 0 Å². The van der Waals surface area contributed by atoms with Crippen molar-refractivity contribution in [3.05, 3.63) is 12.7 Å². The Morgan fingerprint density at radius 2 is 2.00 bits per heavy atom. The van der Waals surface area contributed by atoms with Crippen molar-refractivity contribution >= 4 is 22.4 Å². The summed E-state index contributed by atoms with van der Waals surface area (Å²) in [6.07, 6.45) is 4.13. The number of hydrogen-bond acceptors (Lipinski definition) is 3. The first-order chi connectivity index (χ1) is 7.60. The summed E-state index contributed by atoms with van der Waals surface area (Å²) in [5, 5.41) is 3.14. The van der Waals surface area contributed by atoms with Gasteiger partial charge in [-0.25, -0.2) is 12.7 Å². The van der Waals surface area contributed by atoms with Crippen LogP contribution in [0, 0.1) is 5.92 Å². The predicted molar refractivity (Wildman–Crippen MR) is 74.1 cm³/mol. The van der Waals surface area contributed by atoms with Crippen LogP contribution in [0.15, 0.2) is 12.7 Å². The summed E-state index contributed by atoms with van der Waals surface area (Å²) in [4.78, 5) is 0. The lowest BCUT2D eigenvalue weighted by Gasteiger charge is -2.31. The van der Waals surface area contributed by atoms with Crippen molar-refractivity contribution in [2.45, 2.75) is 19.3 Å². The first-order valence-corrected chi connectivity index (χ1v) is 7.44. The number of allylic oxidation sites excluding steroid dienone is 1. The first-order valence-electron chi connectivity index (χ1n) is 5.83. The van der Waals surface area contributed by atoms with Crippen molar-refractivity contribution in [1.82, 2.24) is 9.62 Å². The van der Waals surface area contributed by atoms with Gasteiger partial charge in [-0.05, 0) is 38.8 Å². The van der Waals surface area contributed by atoms with Crippen LogP contribution in [0.25, 0.3) is 0 Å². The van der Waals surface area contributed by atoms with E-state index >= 15 is 0 Å². The third kappa shape index (κ3) is 5.38. The minimum absolute atomic E-state index is 0. The molecule has 1 aliphatic rings. The lowest BCUT2D eigenvalue weighted by atomic mass is 9.98. The monoisotopic (exact) mass is 282 g/mol. The lowest BCUT2D eigenvalue weighted by molar-refractivity contribution is 0.271. The molecule has 0 bridgehead atoms. The molecule has 1 rings (SSSR count). The molecule has 1 saturated heterocycles. The molecule has 0 aromatic carbocycles. The van der Waals surface area contributed by atoms with Gasteiger partial charge in [0.2, 0.25) is 10.0 Å². The summed E-state index contributed by atoms with van der Waals surface area (Å²) < 4.78 is 25.4. The van der Waals surface area contributed by atoms with Gasteiger partial charge in [0, 0.05) is 13.1 Å². The summed E-state index contributed by atoms with van der Waals surface area (Å²) in [7, 11) is -1.10. The minimum atomic E-state index is -3.04. The van der Waals surface area contributed by atoms with Crippen molar-refractivity contribution in [2.24, 2.45) is 5.92 Å². The van der Waals surface area contributed by atoms with Gasteiger partial charge in [0.15, 0.2) is 0 Å². The van der Waals surface area contributed by atoms with E-state index in [2.05, 4.69) is 11.9 Å². The molecule has 17 heavy (non-hydrogen) atoms. The van der Waals surface area contributed by atoms with Crippen LogP contribution in [0.1, 0.15) is 19.3 Å². The lowest BCUT2D eigenvalue weighted by Crippen LogP contribution is -2.41. The number of piperidine rings is 1. The van der Waals surface area contributed by atoms with Crippen LogP contribution in [0.4, 0.5) is 0 Å². The van der Waals surface area contributed by atoms with Gasteiger partial charge in [-0.3, -0.25) is 0 Å². The SMILES string of the molecule is C=CCCS(=O)(=O)N1CCC(CNC)CC1.Cl. The fourth-order valence-corrected chi connectivity index (χ4v) is 3.53. The maximum absolute atomic E-state index is 11.9. The standard InChI is InChI=1S/C11H22N2O2S.ClH/c1-3-4-9-16(14,15)13-7-5-11(6-8-13)10-12-2;/h3,11-12H,1,4-10H2,2H3;1H. The molecular weight excluding hydrogens is 260 g/mol.